The van der Waals surface area contributed by atoms with E-state index in [9.17, 15) is 0 Å². The summed E-state index contributed by atoms with van der Waals surface area (Å²) in [5.74, 6) is 1.47. The zero-order valence-corrected chi connectivity index (χ0v) is 12.4. The van der Waals surface area contributed by atoms with Gasteiger partial charge in [-0.15, -0.1) is 0 Å². The Morgan fingerprint density at radius 1 is 0.692 bits per heavy atom. The maximum Gasteiger partial charge on any atom is -0.0116 e. The summed E-state index contributed by atoms with van der Waals surface area (Å²) < 4.78 is 0. The van der Waals surface area contributed by atoms with Gasteiger partial charge in [0.2, 0.25) is 0 Å². The summed E-state index contributed by atoms with van der Waals surface area (Å²) in [7, 11) is 0.407. The van der Waals surface area contributed by atoms with E-state index in [1.165, 1.54) is 5.90 Å². The minimum atomic E-state index is 0.204. The lowest BCUT2D eigenvalue weighted by Gasteiger charge is -2.35. The van der Waals surface area contributed by atoms with Crippen LogP contribution in [0.1, 0.15) is 41.5 Å². The van der Waals surface area contributed by atoms with Crippen LogP contribution in [0.15, 0.2) is 0 Å². The van der Waals surface area contributed by atoms with Crippen molar-refractivity contribution in [3.63, 3.8) is 0 Å². The van der Waals surface area contributed by atoms with Crippen LogP contribution in [0.25, 0.3) is 0 Å². The first-order chi connectivity index (χ1) is 5.55. The molecular formula is C11H26P2. The molecule has 0 aliphatic carbocycles. The van der Waals surface area contributed by atoms with E-state index in [0.717, 1.165) is 0 Å². The predicted molar refractivity (Wildman–Crippen MR) is 70.1 cm³/mol. The normalized spacial score (nSPS) is 18.5. The summed E-state index contributed by atoms with van der Waals surface area (Å²) in [4.78, 5) is 0. The van der Waals surface area contributed by atoms with Crippen molar-refractivity contribution in [2.75, 3.05) is 19.2 Å². The summed E-state index contributed by atoms with van der Waals surface area (Å²) in [6, 6.07) is 0. The van der Waals surface area contributed by atoms with Crippen LogP contribution in [-0.4, -0.2) is 29.5 Å². The lowest BCUT2D eigenvalue weighted by atomic mass is 10.3. The highest BCUT2D eigenvalue weighted by atomic mass is 31.2. The zero-order chi connectivity index (χ0) is 10.9. The van der Waals surface area contributed by atoms with Crippen molar-refractivity contribution in [2.24, 2.45) is 0 Å². The summed E-state index contributed by atoms with van der Waals surface area (Å²) in [6.45, 7) is 19.2. The topological polar surface area (TPSA) is 0 Å². The molecule has 0 heterocycles. The molecule has 0 saturated heterocycles. The highest BCUT2D eigenvalue weighted by Gasteiger charge is 2.26. The maximum atomic E-state index is 2.46. The molecule has 0 rings (SSSR count). The molecule has 1 unspecified atom stereocenters. The van der Waals surface area contributed by atoms with Crippen molar-refractivity contribution in [2.45, 2.75) is 51.9 Å². The molecule has 80 valence electrons. The molecule has 0 saturated carbocycles. The van der Waals surface area contributed by atoms with Crippen molar-refractivity contribution in [1.82, 2.24) is 0 Å². The van der Waals surface area contributed by atoms with E-state index in [1.807, 2.05) is 0 Å². The van der Waals surface area contributed by atoms with E-state index in [0.29, 0.717) is 10.3 Å². The van der Waals surface area contributed by atoms with Crippen molar-refractivity contribution < 1.29 is 0 Å². The van der Waals surface area contributed by atoms with Gasteiger partial charge in [0.15, 0.2) is 0 Å². The van der Waals surface area contributed by atoms with Gasteiger partial charge >= 0.3 is 0 Å². The third-order valence-corrected chi connectivity index (χ3v) is 10.7. The highest BCUT2D eigenvalue weighted by Crippen LogP contribution is 2.59. The molecular weight excluding hydrogens is 194 g/mol. The number of rotatable bonds is 2. The minimum absolute atomic E-state index is 0.204. The Hall–Kier alpha value is 0.860. The van der Waals surface area contributed by atoms with Gasteiger partial charge in [0, 0.05) is 0 Å². The standard InChI is InChI=1S/C11H26P2/c1-10(2,3)12(7)9-13(8)11(4,5)6/h9H2,1-8H3/t12-,13?/m0/s1. The molecule has 0 N–H and O–H groups in total. The molecule has 13 heavy (non-hydrogen) atoms. The van der Waals surface area contributed by atoms with Crippen LogP contribution in [0, 0.1) is 0 Å². The molecule has 0 aliphatic heterocycles. The fourth-order valence-electron chi connectivity index (χ4n) is 0.742. The van der Waals surface area contributed by atoms with E-state index in [2.05, 4.69) is 54.9 Å². The predicted octanol–water partition coefficient (Wildman–Crippen LogP) is 4.76. The van der Waals surface area contributed by atoms with Crippen LogP contribution in [0.4, 0.5) is 0 Å². The summed E-state index contributed by atoms with van der Waals surface area (Å²) >= 11 is 0. The van der Waals surface area contributed by atoms with E-state index in [-0.39, 0.29) is 15.8 Å². The molecule has 0 aromatic carbocycles. The SMILES string of the molecule is CP(C[P@](C)C(C)(C)C)C(C)(C)C. The Kier molecular flexibility index (Phi) is 4.89. The van der Waals surface area contributed by atoms with E-state index < -0.39 is 0 Å². The fourth-order valence-corrected chi connectivity index (χ4v) is 6.68. The Labute approximate surface area is 87.4 Å². The van der Waals surface area contributed by atoms with Crippen molar-refractivity contribution in [3.05, 3.63) is 0 Å². The first kappa shape index (κ1) is 13.9. The molecule has 0 radical (unpaired) electrons. The van der Waals surface area contributed by atoms with Crippen molar-refractivity contribution in [3.8, 4) is 0 Å². The Morgan fingerprint density at radius 3 is 1.08 bits per heavy atom. The van der Waals surface area contributed by atoms with E-state index in [1.54, 1.807) is 0 Å². The van der Waals surface area contributed by atoms with Gasteiger partial charge in [-0.05, 0) is 29.5 Å². The minimum Gasteiger partial charge on any atom is -0.1000 e. The average molecular weight is 220 g/mol. The molecule has 0 aromatic rings. The van der Waals surface area contributed by atoms with Gasteiger partial charge in [-0.2, -0.15) is 0 Å². The Balaban J connectivity index is 4.15. The highest BCUT2D eigenvalue weighted by molar-refractivity contribution is 7.75. The van der Waals surface area contributed by atoms with Crippen molar-refractivity contribution >= 4 is 15.8 Å². The molecule has 0 amide bonds. The Bertz CT molecular complexity index is 132. The first-order valence-corrected chi connectivity index (χ1v) is 8.92. The molecule has 0 aromatic heterocycles. The molecule has 0 bridgehead atoms. The monoisotopic (exact) mass is 220 g/mol. The van der Waals surface area contributed by atoms with Crippen LogP contribution in [0.5, 0.6) is 0 Å². The molecule has 0 spiro atoms. The zero-order valence-electron chi connectivity index (χ0n) is 10.6. The smallest absolute Gasteiger partial charge is 0.0116 e. The molecule has 2 atom stereocenters. The Morgan fingerprint density at radius 2 is 0.923 bits per heavy atom. The molecule has 2 heteroatoms. The fraction of sp³-hybridized carbons (Fsp3) is 1.00. The van der Waals surface area contributed by atoms with Gasteiger partial charge < -0.3 is 0 Å². The van der Waals surface area contributed by atoms with Crippen LogP contribution in [0.2, 0.25) is 0 Å². The van der Waals surface area contributed by atoms with Crippen LogP contribution >= 0.6 is 15.8 Å². The number of hydrogen-bond donors (Lipinski definition) is 0. The second kappa shape index (κ2) is 4.59. The third kappa shape index (κ3) is 5.34. The summed E-state index contributed by atoms with van der Waals surface area (Å²) in [5.41, 5.74) is 0. The quantitative estimate of drug-likeness (QED) is 0.588. The van der Waals surface area contributed by atoms with Crippen LogP contribution < -0.4 is 0 Å². The van der Waals surface area contributed by atoms with Crippen molar-refractivity contribution in [1.29, 1.82) is 0 Å². The first-order valence-electron chi connectivity index (χ1n) is 4.97. The lowest BCUT2D eigenvalue weighted by Crippen LogP contribution is -2.17. The largest absolute Gasteiger partial charge is 0.1000 e. The third-order valence-electron chi connectivity index (χ3n) is 2.71. The number of hydrogen-bond acceptors (Lipinski definition) is 0. The van der Waals surface area contributed by atoms with Crippen LogP contribution in [-0.2, 0) is 0 Å². The van der Waals surface area contributed by atoms with Gasteiger partial charge in [0.25, 0.3) is 0 Å². The van der Waals surface area contributed by atoms with Gasteiger partial charge in [-0.3, -0.25) is 0 Å². The maximum absolute atomic E-state index is 2.46. The van der Waals surface area contributed by atoms with Gasteiger partial charge in [0.1, 0.15) is 0 Å². The molecule has 0 aliphatic rings. The van der Waals surface area contributed by atoms with E-state index in [4.69, 9.17) is 0 Å². The van der Waals surface area contributed by atoms with E-state index >= 15 is 0 Å². The second-order valence-electron chi connectivity index (χ2n) is 5.88. The average Bonchev–Trinajstić information content (AvgIpc) is 1.82. The van der Waals surface area contributed by atoms with Gasteiger partial charge in [-0.25, -0.2) is 0 Å². The van der Waals surface area contributed by atoms with Gasteiger partial charge in [0.05, 0.1) is 0 Å². The van der Waals surface area contributed by atoms with Gasteiger partial charge in [-0.1, -0.05) is 57.4 Å². The molecule has 0 nitrogen and oxygen atoms in total. The summed E-state index contributed by atoms with van der Waals surface area (Å²) in [6.07, 6.45) is 0. The second-order valence-corrected chi connectivity index (χ2v) is 12.5. The lowest BCUT2D eigenvalue weighted by molar-refractivity contribution is 0.778. The molecule has 0 fully saturated rings. The summed E-state index contributed by atoms with van der Waals surface area (Å²) in [5, 5.41) is 1.08. The van der Waals surface area contributed by atoms with Crippen LogP contribution in [0.3, 0.4) is 0 Å².